The van der Waals surface area contributed by atoms with Gasteiger partial charge < -0.3 is 10.6 Å². The summed E-state index contributed by atoms with van der Waals surface area (Å²) in [6.45, 7) is -0.150. The number of urea groups is 1. The Hall–Kier alpha value is -1.59. The normalized spacial score (nSPS) is 25.3. The van der Waals surface area contributed by atoms with Crippen LogP contribution in [0.15, 0.2) is 0 Å². The molecule has 0 aromatic heterocycles. The van der Waals surface area contributed by atoms with Crippen molar-refractivity contribution in [1.82, 2.24) is 15.5 Å². The quantitative estimate of drug-likeness (QED) is 0.781. The van der Waals surface area contributed by atoms with E-state index in [4.69, 9.17) is 0 Å². The van der Waals surface area contributed by atoms with Crippen LogP contribution in [0.1, 0.15) is 70.6 Å². The Labute approximate surface area is 137 Å². The Bertz CT molecular complexity index is 477. The molecular formula is C17H27N3O3. The van der Waals surface area contributed by atoms with Crippen LogP contribution in [0.3, 0.4) is 0 Å². The van der Waals surface area contributed by atoms with E-state index in [0.29, 0.717) is 12.8 Å². The minimum Gasteiger partial charge on any atom is -0.352 e. The molecule has 0 aromatic carbocycles. The van der Waals surface area contributed by atoms with E-state index in [9.17, 15) is 14.4 Å². The van der Waals surface area contributed by atoms with Crippen LogP contribution in [0.2, 0.25) is 0 Å². The molecule has 23 heavy (non-hydrogen) atoms. The zero-order valence-corrected chi connectivity index (χ0v) is 13.7. The summed E-state index contributed by atoms with van der Waals surface area (Å²) in [4.78, 5) is 38.3. The van der Waals surface area contributed by atoms with Crippen molar-refractivity contribution in [2.24, 2.45) is 0 Å². The Morgan fingerprint density at radius 1 is 1.04 bits per heavy atom. The molecule has 6 nitrogen and oxygen atoms in total. The van der Waals surface area contributed by atoms with Gasteiger partial charge in [-0.1, -0.05) is 44.9 Å². The van der Waals surface area contributed by atoms with E-state index in [1.54, 1.807) is 0 Å². The van der Waals surface area contributed by atoms with Crippen LogP contribution in [0, 0.1) is 0 Å². The van der Waals surface area contributed by atoms with Gasteiger partial charge in [0.15, 0.2) is 0 Å². The first kappa shape index (κ1) is 16.3. The molecular weight excluding hydrogens is 294 g/mol. The molecule has 0 radical (unpaired) electrons. The summed E-state index contributed by atoms with van der Waals surface area (Å²) in [5.74, 6) is -0.422. The molecule has 0 aromatic rings. The standard InChI is InChI=1S/C17H27N3O3/c21-14(18-13-8-4-3-5-9-13)12-20-15(22)17(19-16(20)23)10-6-1-2-7-11-17/h13H,1-12H2,(H,18,21)(H,19,23). The average Bonchev–Trinajstić information content (AvgIpc) is 2.72. The summed E-state index contributed by atoms with van der Waals surface area (Å²) < 4.78 is 0. The summed E-state index contributed by atoms with van der Waals surface area (Å²) in [7, 11) is 0. The number of nitrogens with zero attached hydrogens (tertiary/aromatic N) is 1. The summed E-state index contributed by atoms with van der Waals surface area (Å²) in [5.41, 5.74) is -0.751. The first-order valence-electron chi connectivity index (χ1n) is 9.04. The number of hydrogen-bond donors (Lipinski definition) is 2. The summed E-state index contributed by atoms with van der Waals surface area (Å²) >= 11 is 0. The Kier molecular flexibility index (Phi) is 4.87. The molecule has 1 heterocycles. The van der Waals surface area contributed by atoms with Gasteiger partial charge in [-0.3, -0.25) is 14.5 Å². The van der Waals surface area contributed by atoms with Crippen molar-refractivity contribution in [3.05, 3.63) is 0 Å². The van der Waals surface area contributed by atoms with E-state index in [1.165, 1.54) is 6.42 Å². The number of amides is 4. The van der Waals surface area contributed by atoms with E-state index in [0.717, 1.165) is 56.3 Å². The second kappa shape index (κ2) is 6.89. The second-order valence-electron chi connectivity index (χ2n) is 7.22. The maximum Gasteiger partial charge on any atom is 0.325 e. The molecule has 0 bridgehead atoms. The molecule has 3 aliphatic rings. The maximum atomic E-state index is 12.7. The number of imide groups is 1. The highest BCUT2D eigenvalue weighted by atomic mass is 16.2. The smallest absolute Gasteiger partial charge is 0.325 e. The van der Waals surface area contributed by atoms with Gasteiger partial charge in [-0.2, -0.15) is 0 Å². The van der Waals surface area contributed by atoms with Crippen LogP contribution in [0.25, 0.3) is 0 Å². The number of nitrogens with one attached hydrogen (secondary N) is 2. The van der Waals surface area contributed by atoms with Gasteiger partial charge in [0.2, 0.25) is 5.91 Å². The molecule has 2 aliphatic carbocycles. The van der Waals surface area contributed by atoms with Gasteiger partial charge >= 0.3 is 6.03 Å². The number of hydrogen-bond acceptors (Lipinski definition) is 3. The predicted octanol–water partition coefficient (Wildman–Crippen LogP) is 2.08. The average molecular weight is 321 g/mol. The van der Waals surface area contributed by atoms with Crippen molar-refractivity contribution in [2.75, 3.05) is 6.54 Å². The second-order valence-corrected chi connectivity index (χ2v) is 7.22. The zero-order chi connectivity index (χ0) is 16.3. The SMILES string of the molecule is O=C(CN1C(=O)NC2(CCCCCC2)C1=O)NC1CCCCC1. The van der Waals surface area contributed by atoms with Crippen LogP contribution in [0.4, 0.5) is 4.79 Å². The maximum absolute atomic E-state index is 12.7. The fourth-order valence-electron chi connectivity index (χ4n) is 4.15. The molecule has 1 saturated heterocycles. The Morgan fingerprint density at radius 2 is 1.65 bits per heavy atom. The lowest BCUT2D eigenvalue weighted by Gasteiger charge is -2.25. The number of carbonyl (C=O) groups is 3. The Morgan fingerprint density at radius 3 is 2.30 bits per heavy atom. The first-order chi connectivity index (χ1) is 11.1. The van der Waals surface area contributed by atoms with E-state index in [2.05, 4.69) is 10.6 Å². The van der Waals surface area contributed by atoms with Crippen LogP contribution in [0.5, 0.6) is 0 Å². The van der Waals surface area contributed by atoms with Crippen molar-refractivity contribution in [2.45, 2.75) is 82.2 Å². The van der Waals surface area contributed by atoms with E-state index in [1.807, 2.05) is 0 Å². The molecule has 2 saturated carbocycles. The van der Waals surface area contributed by atoms with Gasteiger partial charge in [0.05, 0.1) is 0 Å². The summed E-state index contributed by atoms with van der Waals surface area (Å²) in [6.07, 6.45) is 11.0. The monoisotopic (exact) mass is 321 g/mol. The number of carbonyl (C=O) groups excluding carboxylic acids is 3. The fraction of sp³-hybridized carbons (Fsp3) is 0.824. The third-order valence-electron chi connectivity index (χ3n) is 5.48. The minimum atomic E-state index is -0.751. The van der Waals surface area contributed by atoms with Crippen molar-refractivity contribution < 1.29 is 14.4 Å². The van der Waals surface area contributed by atoms with Crippen molar-refractivity contribution in [3.8, 4) is 0 Å². The lowest BCUT2D eigenvalue weighted by atomic mass is 9.90. The molecule has 3 fully saturated rings. The molecule has 2 N–H and O–H groups in total. The lowest BCUT2D eigenvalue weighted by molar-refractivity contribution is -0.135. The molecule has 0 unspecified atom stereocenters. The van der Waals surface area contributed by atoms with Crippen LogP contribution < -0.4 is 10.6 Å². The zero-order valence-electron chi connectivity index (χ0n) is 13.7. The Balaban J connectivity index is 1.59. The first-order valence-corrected chi connectivity index (χ1v) is 9.04. The van der Waals surface area contributed by atoms with Gasteiger partial charge in [0.25, 0.3) is 5.91 Å². The summed E-state index contributed by atoms with van der Waals surface area (Å²) in [5, 5.41) is 5.85. The van der Waals surface area contributed by atoms with Gasteiger partial charge in [-0.15, -0.1) is 0 Å². The molecule has 4 amide bonds. The highest BCUT2D eigenvalue weighted by Gasteiger charge is 2.51. The third kappa shape index (κ3) is 3.51. The highest BCUT2D eigenvalue weighted by Crippen LogP contribution is 2.32. The van der Waals surface area contributed by atoms with Crippen molar-refractivity contribution >= 4 is 17.8 Å². The molecule has 1 spiro atoms. The third-order valence-corrected chi connectivity index (χ3v) is 5.48. The lowest BCUT2D eigenvalue weighted by Crippen LogP contribution is -2.48. The van der Waals surface area contributed by atoms with E-state index in [-0.39, 0.29) is 24.4 Å². The largest absolute Gasteiger partial charge is 0.352 e. The summed E-state index contributed by atoms with van der Waals surface area (Å²) in [6, 6.07) is -0.209. The molecule has 128 valence electrons. The topological polar surface area (TPSA) is 78.5 Å². The molecule has 3 rings (SSSR count). The highest BCUT2D eigenvalue weighted by molar-refractivity contribution is 6.09. The predicted molar refractivity (Wildman–Crippen MR) is 85.7 cm³/mol. The minimum absolute atomic E-state index is 0.150. The van der Waals surface area contributed by atoms with Crippen LogP contribution >= 0.6 is 0 Å². The van der Waals surface area contributed by atoms with Crippen LogP contribution in [-0.2, 0) is 9.59 Å². The van der Waals surface area contributed by atoms with Gasteiger partial charge in [-0.05, 0) is 25.7 Å². The molecule has 0 atom stereocenters. The van der Waals surface area contributed by atoms with Gasteiger partial charge in [0.1, 0.15) is 12.1 Å². The molecule has 1 aliphatic heterocycles. The van der Waals surface area contributed by atoms with E-state index < -0.39 is 11.6 Å². The van der Waals surface area contributed by atoms with Crippen molar-refractivity contribution in [1.29, 1.82) is 0 Å². The van der Waals surface area contributed by atoms with Gasteiger partial charge in [-0.25, -0.2) is 4.79 Å². The van der Waals surface area contributed by atoms with Crippen molar-refractivity contribution in [3.63, 3.8) is 0 Å². The van der Waals surface area contributed by atoms with Gasteiger partial charge in [0, 0.05) is 6.04 Å². The fourth-order valence-corrected chi connectivity index (χ4v) is 4.15. The van der Waals surface area contributed by atoms with E-state index >= 15 is 0 Å². The van der Waals surface area contributed by atoms with Crippen LogP contribution in [-0.4, -0.2) is 40.9 Å². The number of rotatable bonds is 3. The molecule has 6 heteroatoms.